The zero-order chi connectivity index (χ0) is 26.0. The van der Waals surface area contributed by atoms with E-state index in [2.05, 4.69) is 21.1 Å². The fourth-order valence-electron chi connectivity index (χ4n) is 3.84. The fourth-order valence-corrected chi connectivity index (χ4v) is 4.72. The Hall–Kier alpha value is -4.24. The van der Waals surface area contributed by atoms with Gasteiger partial charge in [-0.25, -0.2) is 14.1 Å². The second-order valence-electron chi connectivity index (χ2n) is 8.00. The quantitative estimate of drug-likeness (QED) is 0.202. The molecule has 0 radical (unpaired) electrons. The number of carbonyl (C=O) groups is 4. The topological polar surface area (TPSA) is 191 Å². The molecule has 1 aromatic carbocycles. The van der Waals surface area contributed by atoms with Gasteiger partial charge in [-0.15, -0.1) is 0 Å². The maximum Gasteiger partial charge on any atom is 0.362 e. The molecule has 4 rings (SSSR count). The van der Waals surface area contributed by atoms with Crippen molar-refractivity contribution in [2.45, 2.75) is 31.1 Å². The molecule has 14 nitrogen and oxygen atoms in total. The first-order valence-electron chi connectivity index (χ1n) is 10.7. The molecule has 2 unspecified atom stereocenters. The first-order valence-corrected chi connectivity index (χ1v) is 12.1. The Morgan fingerprint density at radius 2 is 1.94 bits per heavy atom. The van der Waals surface area contributed by atoms with Gasteiger partial charge in [0.15, 0.2) is 6.04 Å². The monoisotopic (exact) mass is 518 g/mol. The predicted octanol–water partition coefficient (Wildman–Crippen LogP) is -0.617. The molecular weight excluding hydrogens is 496 g/mol. The van der Waals surface area contributed by atoms with Crippen LogP contribution in [0.2, 0.25) is 0 Å². The van der Waals surface area contributed by atoms with E-state index in [1.54, 1.807) is 42.5 Å². The molecule has 2 aromatic rings. The van der Waals surface area contributed by atoms with E-state index in [1.807, 2.05) is 0 Å². The van der Waals surface area contributed by atoms with E-state index in [0.29, 0.717) is 11.3 Å². The van der Waals surface area contributed by atoms with E-state index in [-0.39, 0.29) is 10.8 Å². The first-order chi connectivity index (χ1) is 17.1. The molecule has 2 saturated heterocycles. The van der Waals surface area contributed by atoms with Crippen molar-refractivity contribution in [2.75, 3.05) is 6.54 Å². The van der Waals surface area contributed by atoms with Crippen LogP contribution in [0.3, 0.4) is 0 Å². The van der Waals surface area contributed by atoms with Crippen LogP contribution in [0.1, 0.15) is 24.3 Å². The number of amides is 5. The summed E-state index contributed by atoms with van der Waals surface area (Å²) in [6.07, 6.45) is 2.68. The highest BCUT2D eigenvalue weighted by Crippen LogP contribution is 2.24. The standard InChI is InChI=1S/C21H22N6O8S/c1-12-16(20(30)27(12)36(32,33)34)24-19(29)17(13-6-3-2-4-7-13)25-18(28)15-11-22-21(31)26(15)23-10-14-8-5-9-35-14/h2-10,12,15-17H,11H2,1H3,(H,22,31)(H,24,29)(H,25,28)(H,32,33,34)/t12-,15?,16+,17?/m1/s1. The number of nitrogens with zero attached hydrogens (tertiary/aromatic N) is 3. The second-order valence-corrected chi connectivity index (χ2v) is 9.29. The number of nitrogens with one attached hydrogen (secondary N) is 3. The Balaban J connectivity index is 1.51. The number of hydrogen-bond acceptors (Lipinski definition) is 8. The van der Waals surface area contributed by atoms with E-state index in [0.717, 1.165) is 5.01 Å². The summed E-state index contributed by atoms with van der Waals surface area (Å²) in [6.45, 7) is 1.26. The maximum absolute atomic E-state index is 13.1. The molecule has 1 aromatic heterocycles. The number of hydrazone groups is 1. The molecule has 2 aliphatic rings. The molecule has 4 atom stereocenters. The van der Waals surface area contributed by atoms with Crippen molar-refractivity contribution < 1.29 is 36.6 Å². The van der Waals surface area contributed by atoms with Gasteiger partial charge in [0.2, 0.25) is 11.8 Å². The lowest BCUT2D eigenvalue weighted by Gasteiger charge is -2.42. The van der Waals surface area contributed by atoms with Crippen LogP contribution in [-0.4, -0.2) is 76.9 Å². The number of benzene rings is 1. The van der Waals surface area contributed by atoms with Gasteiger partial charge in [0.25, 0.3) is 5.91 Å². The molecule has 2 fully saturated rings. The zero-order valence-corrected chi connectivity index (χ0v) is 19.6. The number of hydrogen-bond donors (Lipinski definition) is 4. The van der Waals surface area contributed by atoms with Crippen LogP contribution < -0.4 is 16.0 Å². The third kappa shape index (κ3) is 4.92. The van der Waals surface area contributed by atoms with E-state index in [9.17, 15) is 27.6 Å². The zero-order valence-electron chi connectivity index (χ0n) is 18.8. The van der Waals surface area contributed by atoms with Gasteiger partial charge in [-0.3, -0.25) is 18.9 Å². The minimum Gasteiger partial charge on any atom is -0.463 e. The summed E-state index contributed by atoms with van der Waals surface area (Å²) >= 11 is 0. The Morgan fingerprint density at radius 1 is 1.22 bits per heavy atom. The largest absolute Gasteiger partial charge is 0.463 e. The van der Waals surface area contributed by atoms with Crippen molar-refractivity contribution >= 4 is 40.3 Å². The minimum absolute atomic E-state index is 0.0786. The molecular formula is C21H22N6O8S. The van der Waals surface area contributed by atoms with Crippen LogP contribution in [0.25, 0.3) is 0 Å². The number of carbonyl (C=O) groups excluding carboxylic acids is 4. The summed E-state index contributed by atoms with van der Waals surface area (Å²) in [5, 5.41) is 12.4. The molecule has 5 amide bonds. The fraction of sp³-hybridized carbons (Fsp3) is 0.286. The summed E-state index contributed by atoms with van der Waals surface area (Å²) in [7, 11) is -4.77. The number of rotatable bonds is 8. The molecule has 0 saturated carbocycles. The number of β-lactam (4-membered cyclic amide) rings is 1. The van der Waals surface area contributed by atoms with Gasteiger partial charge >= 0.3 is 16.3 Å². The van der Waals surface area contributed by atoms with Gasteiger partial charge in [0, 0.05) is 0 Å². The second kappa shape index (κ2) is 9.79. The molecule has 15 heteroatoms. The molecule has 2 aliphatic heterocycles. The third-order valence-corrected chi connectivity index (χ3v) is 6.68. The summed E-state index contributed by atoms with van der Waals surface area (Å²) < 4.78 is 37.2. The summed E-state index contributed by atoms with van der Waals surface area (Å²) in [5.74, 6) is -2.16. The van der Waals surface area contributed by atoms with Crippen LogP contribution in [0.4, 0.5) is 4.79 Å². The number of urea groups is 1. The lowest BCUT2D eigenvalue weighted by Crippen LogP contribution is -2.71. The normalized spacial score (nSPS) is 22.8. The highest BCUT2D eigenvalue weighted by molar-refractivity contribution is 7.84. The van der Waals surface area contributed by atoms with Crippen LogP contribution in [0, 0.1) is 0 Å². The average molecular weight is 519 g/mol. The van der Waals surface area contributed by atoms with Gasteiger partial charge in [0.1, 0.15) is 17.8 Å². The van der Waals surface area contributed by atoms with Gasteiger partial charge in [-0.05, 0) is 24.6 Å². The van der Waals surface area contributed by atoms with Gasteiger partial charge in [-0.1, -0.05) is 30.3 Å². The van der Waals surface area contributed by atoms with Crippen molar-refractivity contribution in [1.29, 1.82) is 0 Å². The third-order valence-electron chi connectivity index (χ3n) is 5.67. The smallest absolute Gasteiger partial charge is 0.362 e. The van der Waals surface area contributed by atoms with E-state index in [1.165, 1.54) is 19.4 Å². The van der Waals surface area contributed by atoms with Gasteiger partial charge in [-0.2, -0.15) is 13.5 Å². The molecule has 3 heterocycles. The van der Waals surface area contributed by atoms with Crippen LogP contribution in [0.15, 0.2) is 58.2 Å². The Labute approximate surface area is 205 Å². The highest BCUT2D eigenvalue weighted by atomic mass is 32.2. The Morgan fingerprint density at radius 3 is 2.56 bits per heavy atom. The van der Waals surface area contributed by atoms with Gasteiger partial charge in [0.05, 0.1) is 25.1 Å². The van der Waals surface area contributed by atoms with Crippen LogP contribution >= 0.6 is 0 Å². The van der Waals surface area contributed by atoms with E-state index in [4.69, 9.17) is 8.97 Å². The number of furan rings is 1. The predicted molar refractivity (Wildman–Crippen MR) is 122 cm³/mol. The molecule has 4 N–H and O–H groups in total. The van der Waals surface area contributed by atoms with Crippen molar-refractivity contribution in [1.82, 2.24) is 25.3 Å². The highest BCUT2D eigenvalue weighted by Gasteiger charge is 2.52. The average Bonchev–Trinajstić information content (AvgIpc) is 3.48. The molecule has 0 bridgehead atoms. The van der Waals surface area contributed by atoms with Crippen LogP contribution in [0.5, 0.6) is 0 Å². The Kier molecular flexibility index (Phi) is 6.76. The van der Waals surface area contributed by atoms with E-state index < -0.39 is 58.2 Å². The molecule has 36 heavy (non-hydrogen) atoms. The molecule has 0 spiro atoms. The molecule has 0 aliphatic carbocycles. The Bertz CT molecular complexity index is 1300. The molecule has 190 valence electrons. The van der Waals surface area contributed by atoms with Gasteiger partial charge < -0.3 is 20.4 Å². The summed E-state index contributed by atoms with van der Waals surface area (Å²) in [5.41, 5.74) is 0.373. The van der Waals surface area contributed by atoms with Crippen molar-refractivity contribution in [3.05, 3.63) is 60.1 Å². The van der Waals surface area contributed by atoms with Crippen molar-refractivity contribution in [2.24, 2.45) is 5.10 Å². The maximum atomic E-state index is 13.1. The van der Waals surface area contributed by atoms with E-state index >= 15 is 0 Å². The van der Waals surface area contributed by atoms with Crippen molar-refractivity contribution in [3.63, 3.8) is 0 Å². The summed E-state index contributed by atoms with van der Waals surface area (Å²) in [4.78, 5) is 50.7. The van der Waals surface area contributed by atoms with Crippen molar-refractivity contribution in [3.8, 4) is 0 Å². The first kappa shape index (κ1) is 24.9. The minimum atomic E-state index is -4.77. The summed E-state index contributed by atoms with van der Waals surface area (Å²) in [6, 6.07) is 6.09. The SMILES string of the molecule is C[C@@H]1[C@H](NC(=O)C(NC(=O)C2CNC(=O)N2N=Cc2ccco2)c2ccccc2)C(=O)N1S(=O)(=O)O. The lowest BCUT2D eigenvalue weighted by molar-refractivity contribution is -0.145. The lowest BCUT2D eigenvalue weighted by atomic mass is 9.99. The van der Waals surface area contributed by atoms with Crippen LogP contribution in [-0.2, 0) is 24.7 Å².